The molecule has 1 atom stereocenters. The molecule has 0 amide bonds. The van der Waals surface area contributed by atoms with Crippen molar-refractivity contribution in [2.75, 3.05) is 33.7 Å². The number of guanidine groups is 1. The molecule has 1 aliphatic heterocycles. The summed E-state index contributed by atoms with van der Waals surface area (Å²) in [6.07, 6.45) is -2.02. The van der Waals surface area contributed by atoms with Gasteiger partial charge in [0.15, 0.2) is 11.7 Å². The van der Waals surface area contributed by atoms with Gasteiger partial charge in [-0.3, -0.25) is 4.99 Å². The van der Waals surface area contributed by atoms with E-state index < -0.39 is 11.9 Å². The molecule has 1 unspecified atom stereocenters. The lowest BCUT2D eigenvalue weighted by Gasteiger charge is -2.30. The summed E-state index contributed by atoms with van der Waals surface area (Å²) in [5.74, 6) is 1.14. The molecule has 0 aliphatic carbocycles. The zero-order chi connectivity index (χ0) is 16.9. The fourth-order valence-corrected chi connectivity index (χ4v) is 3.32. The van der Waals surface area contributed by atoms with Gasteiger partial charge < -0.3 is 15.5 Å². The monoisotopic (exact) mass is 349 g/mol. The summed E-state index contributed by atoms with van der Waals surface area (Å²) in [6, 6.07) is 0. The van der Waals surface area contributed by atoms with E-state index in [2.05, 4.69) is 32.6 Å². The second-order valence-corrected chi connectivity index (χ2v) is 6.64. The smallest absolute Gasteiger partial charge is 0.356 e. The Morgan fingerprint density at radius 2 is 2.26 bits per heavy atom. The van der Waals surface area contributed by atoms with Gasteiger partial charge in [0.1, 0.15) is 5.01 Å². The highest BCUT2D eigenvalue weighted by atomic mass is 32.1. The van der Waals surface area contributed by atoms with Crippen molar-refractivity contribution in [1.82, 2.24) is 20.5 Å². The Morgan fingerprint density at radius 1 is 1.48 bits per heavy atom. The number of rotatable bonds is 4. The number of alkyl halides is 3. The number of hydrogen-bond donors (Lipinski definition) is 2. The van der Waals surface area contributed by atoms with Crippen molar-refractivity contribution >= 4 is 17.3 Å². The molecule has 1 fully saturated rings. The molecule has 1 aromatic rings. The van der Waals surface area contributed by atoms with Crippen LogP contribution in [0.4, 0.5) is 13.2 Å². The van der Waals surface area contributed by atoms with E-state index in [0.717, 1.165) is 36.4 Å². The predicted molar refractivity (Wildman–Crippen MR) is 85.5 cm³/mol. The van der Waals surface area contributed by atoms with E-state index in [1.54, 1.807) is 7.05 Å². The Morgan fingerprint density at radius 3 is 2.87 bits per heavy atom. The molecule has 2 rings (SSSR count). The summed E-state index contributed by atoms with van der Waals surface area (Å²) >= 11 is 0.992. The van der Waals surface area contributed by atoms with Crippen LogP contribution < -0.4 is 10.6 Å². The maximum absolute atomic E-state index is 12.5. The van der Waals surface area contributed by atoms with Crippen LogP contribution >= 0.6 is 11.3 Å². The van der Waals surface area contributed by atoms with Crippen molar-refractivity contribution < 1.29 is 13.2 Å². The first-order chi connectivity index (χ1) is 10.9. The van der Waals surface area contributed by atoms with Gasteiger partial charge in [-0.05, 0) is 32.4 Å². The number of nitrogens with one attached hydrogen (secondary N) is 2. The van der Waals surface area contributed by atoms with Crippen molar-refractivity contribution in [3.8, 4) is 0 Å². The largest absolute Gasteiger partial charge is 0.434 e. The van der Waals surface area contributed by atoms with Gasteiger partial charge in [-0.25, -0.2) is 4.98 Å². The lowest BCUT2D eigenvalue weighted by molar-refractivity contribution is -0.140. The van der Waals surface area contributed by atoms with Crippen LogP contribution in [0.2, 0.25) is 0 Å². The van der Waals surface area contributed by atoms with Gasteiger partial charge in [0.05, 0.1) is 6.54 Å². The topological polar surface area (TPSA) is 52.6 Å². The third-order valence-corrected chi connectivity index (χ3v) is 4.60. The molecule has 0 radical (unpaired) electrons. The van der Waals surface area contributed by atoms with E-state index in [1.807, 2.05) is 0 Å². The third kappa shape index (κ3) is 5.65. The predicted octanol–water partition coefficient (Wildman–Crippen LogP) is 2.17. The fourth-order valence-electron chi connectivity index (χ4n) is 2.58. The zero-order valence-corrected chi connectivity index (χ0v) is 14.1. The highest BCUT2D eigenvalue weighted by molar-refractivity contribution is 7.09. The minimum Gasteiger partial charge on any atom is -0.356 e. The molecule has 9 heteroatoms. The number of thiazole rings is 1. The average molecular weight is 349 g/mol. The molecule has 5 nitrogen and oxygen atoms in total. The lowest BCUT2D eigenvalue weighted by Crippen LogP contribution is -2.43. The first-order valence-corrected chi connectivity index (χ1v) is 8.41. The van der Waals surface area contributed by atoms with Gasteiger partial charge in [0.2, 0.25) is 0 Å². The van der Waals surface area contributed by atoms with Crippen LogP contribution in [-0.2, 0) is 12.7 Å². The van der Waals surface area contributed by atoms with E-state index >= 15 is 0 Å². The SMILES string of the molecule is CN=C(NCc1nc(C(F)(F)F)cs1)NCC1CCCN(C)C1. The number of aromatic nitrogens is 1. The quantitative estimate of drug-likeness (QED) is 0.646. The van der Waals surface area contributed by atoms with E-state index in [9.17, 15) is 13.2 Å². The summed E-state index contributed by atoms with van der Waals surface area (Å²) in [7, 11) is 3.76. The maximum atomic E-state index is 12.5. The van der Waals surface area contributed by atoms with E-state index in [1.165, 1.54) is 12.8 Å². The first kappa shape index (κ1) is 18.0. The standard InChI is InChI=1S/C14H22F3N5S/c1-18-13(19-6-10-4-3-5-22(2)8-10)20-7-12-21-11(9-23-12)14(15,16)17/h9-10H,3-8H2,1-2H3,(H2,18,19,20). The Kier molecular flexibility index (Phi) is 6.23. The summed E-state index contributed by atoms with van der Waals surface area (Å²) in [4.78, 5) is 9.99. The Labute approximate surface area is 138 Å². The molecule has 1 saturated heterocycles. The molecular weight excluding hydrogens is 327 g/mol. The molecular formula is C14H22F3N5S. The van der Waals surface area contributed by atoms with Crippen molar-refractivity contribution in [2.24, 2.45) is 10.9 Å². The first-order valence-electron chi connectivity index (χ1n) is 7.53. The summed E-state index contributed by atoms with van der Waals surface area (Å²) in [5, 5.41) is 7.66. The van der Waals surface area contributed by atoms with Crippen molar-refractivity contribution in [3.63, 3.8) is 0 Å². The van der Waals surface area contributed by atoms with Crippen LogP contribution in [0.25, 0.3) is 0 Å². The Bertz CT molecular complexity index is 529. The zero-order valence-electron chi connectivity index (χ0n) is 13.3. The van der Waals surface area contributed by atoms with Gasteiger partial charge >= 0.3 is 6.18 Å². The van der Waals surface area contributed by atoms with Crippen LogP contribution in [0.1, 0.15) is 23.5 Å². The van der Waals surface area contributed by atoms with Crippen LogP contribution in [0.15, 0.2) is 10.4 Å². The summed E-state index contributed by atoms with van der Waals surface area (Å²) in [5.41, 5.74) is -0.840. The van der Waals surface area contributed by atoms with E-state index in [-0.39, 0.29) is 6.54 Å². The second-order valence-electron chi connectivity index (χ2n) is 5.70. The van der Waals surface area contributed by atoms with E-state index in [0.29, 0.717) is 16.9 Å². The molecule has 0 bridgehead atoms. The summed E-state index contributed by atoms with van der Waals surface area (Å²) in [6.45, 7) is 3.21. The van der Waals surface area contributed by atoms with Gasteiger partial charge in [-0.2, -0.15) is 13.2 Å². The van der Waals surface area contributed by atoms with Crippen LogP contribution in [0.3, 0.4) is 0 Å². The van der Waals surface area contributed by atoms with Crippen molar-refractivity contribution in [3.05, 3.63) is 16.1 Å². The molecule has 1 aromatic heterocycles. The number of piperidine rings is 1. The average Bonchev–Trinajstić information content (AvgIpc) is 2.96. The minimum atomic E-state index is -4.39. The van der Waals surface area contributed by atoms with Gasteiger partial charge in [0, 0.05) is 25.5 Å². The number of nitrogens with zero attached hydrogens (tertiary/aromatic N) is 3. The molecule has 2 heterocycles. The fraction of sp³-hybridized carbons (Fsp3) is 0.714. The molecule has 1 aliphatic rings. The van der Waals surface area contributed by atoms with Gasteiger partial charge in [0.25, 0.3) is 0 Å². The molecule has 0 saturated carbocycles. The Balaban J connectivity index is 1.78. The molecule has 23 heavy (non-hydrogen) atoms. The van der Waals surface area contributed by atoms with Crippen LogP contribution in [0.5, 0.6) is 0 Å². The normalized spacial score (nSPS) is 20.6. The lowest BCUT2D eigenvalue weighted by atomic mass is 9.99. The number of halogens is 3. The molecule has 2 N–H and O–H groups in total. The van der Waals surface area contributed by atoms with E-state index in [4.69, 9.17) is 0 Å². The molecule has 0 spiro atoms. The maximum Gasteiger partial charge on any atom is 0.434 e. The summed E-state index contributed by atoms with van der Waals surface area (Å²) < 4.78 is 37.5. The third-order valence-electron chi connectivity index (χ3n) is 3.75. The highest BCUT2D eigenvalue weighted by Gasteiger charge is 2.33. The Hall–Kier alpha value is -1.35. The number of hydrogen-bond acceptors (Lipinski definition) is 4. The minimum absolute atomic E-state index is 0.227. The number of aliphatic imine (C=N–C) groups is 1. The molecule has 130 valence electrons. The van der Waals surface area contributed by atoms with Crippen LogP contribution in [-0.4, -0.2) is 49.6 Å². The van der Waals surface area contributed by atoms with Gasteiger partial charge in [-0.15, -0.1) is 11.3 Å². The van der Waals surface area contributed by atoms with Crippen molar-refractivity contribution in [2.45, 2.75) is 25.6 Å². The highest BCUT2D eigenvalue weighted by Crippen LogP contribution is 2.29. The number of likely N-dealkylation sites (tertiary alicyclic amines) is 1. The van der Waals surface area contributed by atoms with Gasteiger partial charge in [-0.1, -0.05) is 0 Å². The molecule has 0 aromatic carbocycles. The van der Waals surface area contributed by atoms with Crippen LogP contribution in [0, 0.1) is 5.92 Å². The van der Waals surface area contributed by atoms with Crippen molar-refractivity contribution in [1.29, 1.82) is 0 Å². The second kappa shape index (κ2) is 7.96.